The SMILES string of the molecule is Cc1ccc(-c2nc(-c3cccc(-c4cnn(C)c4)c3)nc3nc(C)c(C)nc23)c(F)c1. The van der Waals surface area contributed by atoms with Crippen LogP contribution in [0.25, 0.3) is 44.9 Å². The van der Waals surface area contributed by atoms with Crippen LogP contribution in [-0.4, -0.2) is 29.7 Å². The largest absolute Gasteiger partial charge is 0.275 e. The Hall–Kier alpha value is -4.00. The maximum atomic E-state index is 14.9. The van der Waals surface area contributed by atoms with Gasteiger partial charge in [-0.3, -0.25) is 4.68 Å². The van der Waals surface area contributed by atoms with Gasteiger partial charge in [0.25, 0.3) is 0 Å². The van der Waals surface area contributed by atoms with Gasteiger partial charge in [-0.2, -0.15) is 5.10 Å². The van der Waals surface area contributed by atoms with Crippen molar-refractivity contribution in [2.45, 2.75) is 20.8 Å². The molecule has 32 heavy (non-hydrogen) atoms. The van der Waals surface area contributed by atoms with E-state index in [1.165, 1.54) is 6.07 Å². The fourth-order valence-corrected chi connectivity index (χ4v) is 3.65. The maximum Gasteiger partial charge on any atom is 0.182 e. The lowest BCUT2D eigenvalue weighted by atomic mass is 10.0. The quantitative estimate of drug-likeness (QED) is 0.397. The summed E-state index contributed by atoms with van der Waals surface area (Å²) >= 11 is 0. The summed E-state index contributed by atoms with van der Waals surface area (Å²) in [7, 11) is 1.88. The van der Waals surface area contributed by atoms with Crippen LogP contribution >= 0.6 is 0 Å². The van der Waals surface area contributed by atoms with Crippen LogP contribution in [0.3, 0.4) is 0 Å². The van der Waals surface area contributed by atoms with E-state index >= 15 is 0 Å². The second-order valence-corrected chi connectivity index (χ2v) is 7.93. The van der Waals surface area contributed by atoms with Crippen LogP contribution in [0.4, 0.5) is 4.39 Å². The molecule has 3 heterocycles. The van der Waals surface area contributed by atoms with E-state index in [1.54, 1.807) is 10.7 Å². The summed E-state index contributed by atoms with van der Waals surface area (Å²) in [6.07, 6.45) is 3.76. The van der Waals surface area contributed by atoms with Crippen LogP contribution in [0.15, 0.2) is 54.9 Å². The first-order valence-corrected chi connectivity index (χ1v) is 10.3. The number of halogens is 1. The van der Waals surface area contributed by atoms with E-state index in [-0.39, 0.29) is 5.82 Å². The van der Waals surface area contributed by atoms with Gasteiger partial charge in [0.1, 0.15) is 17.0 Å². The molecule has 0 fully saturated rings. The van der Waals surface area contributed by atoms with Gasteiger partial charge in [0, 0.05) is 29.9 Å². The fourth-order valence-electron chi connectivity index (χ4n) is 3.65. The number of aromatic nitrogens is 6. The zero-order chi connectivity index (χ0) is 22.4. The molecular weight excluding hydrogens is 403 g/mol. The van der Waals surface area contributed by atoms with Gasteiger partial charge in [0.05, 0.1) is 17.6 Å². The van der Waals surface area contributed by atoms with E-state index in [4.69, 9.17) is 9.97 Å². The number of rotatable bonds is 3. The van der Waals surface area contributed by atoms with Crippen molar-refractivity contribution in [3.8, 4) is 33.8 Å². The minimum Gasteiger partial charge on any atom is -0.275 e. The Morgan fingerprint density at radius 1 is 0.812 bits per heavy atom. The Balaban J connectivity index is 1.75. The zero-order valence-corrected chi connectivity index (χ0v) is 18.3. The third-order valence-electron chi connectivity index (χ3n) is 5.48. The summed E-state index contributed by atoms with van der Waals surface area (Å²) in [6.45, 7) is 5.62. The number of nitrogens with zero attached hydrogens (tertiary/aromatic N) is 6. The summed E-state index contributed by atoms with van der Waals surface area (Å²) in [4.78, 5) is 18.7. The number of hydrogen-bond donors (Lipinski definition) is 0. The van der Waals surface area contributed by atoms with E-state index in [0.29, 0.717) is 28.2 Å². The van der Waals surface area contributed by atoms with Gasteiger partial charge >= 0.3 is 0 Å². The minimum atomic E-state index is -0.347. The molecule has 158 valence electrons. The standard InChI is InChI=1S/C25H21FN6/c1-14-8-9-20(21(26)10-14)22-23-25(29-16(3)15(2)28-23)31-24(30-22)18-7-5-6-17(11-18)19-12-27-32(4)13-19/h5-13H,1-4H3. The van der Waals surface area contributed by atoms with Gasteiger partial charge in [0.2, 0.25) is 0 Å². The molecular formula is C25H21FN6. The minimum absolute atomic E-state index is 0.347. The van der Waals surface area contributed by atoms with Crippen LogP contribution < -0.4 is 0 Å². The summed E-state index contributed by atoms with van der Waals surface area (Å²) in [5.41, 5.74) is 6.93. The molecule has 0 saturated carbocycles. The van der Waals surface area contributed by atoms with Crippen molar-refractivity contribution in [3.05, 3.63) is 77.6 Å². The molecule has 5 aromatic rings. The van der Waals surface area contributed by atoms with Gasteiger partial charge in [-0.25, -0.2) is 24.3 Å². The van der Waals surface area contributed by atoms with Crippen molar-refractivity contribution in [1.29, 1.82) is 0 Å². The normalized spacial score (nSPS) is 11.3. The van der Waals surface area contributed by atoms with E-state index in [2.05, 4.69) is 15.1 Å². The van der Waals surface area contributed by atoms with Crippen LogP contribution in [0, 0.1) is 26.6 Å². The van der Waals surface area contributed by atoms with Crippen molar-refractivity contribution in [2.24, 2.45) is 7.05 Å². The topological polar surface area (TPSA) is 69.4 Å². The Kier molecular flexibility index (Phi) is 4.74. The monoisotopic (exact) mass is 424 g/mol. The highest BCUT2D eigenvalue weighted by Crippen LogP contribution is 2.31. The van der Waals surface area contributed by atoms with Crippen molar-refractivity contribution in [2.75, 3.05) is 0 Å². The van der Waals surface area contributed by atoms with Crippen LogP contribution in [-0.2, 0) is 7.05 Å². The van der Waals surface area contributed by atoms with Gasteiger partial charge in [-0.15, -0.1) is 0 Å². The molecule has 0 atom stereocenters. The highest BCUT2D eigenvalue weighted by atomic mass is 19.1. The first kappa shape index (κ1) is 19.9. The van der Waals surface area contributed by atoms with Crippen LogP contribution in [0.5, 0.6) is 0 Å². The summed E-state index contributed by atoms with van der Waals surface area (Å²) in [5, 5.41) is 4.25. The molecule has 0 amide bonds. The molecule has 0 aliphatic rings. The molecule has 0 saturated heterocycles. The summed E-state index contributed by atoms with van der Waals surface area (Å²) < 4.78 is 16.7. The lowest BCUT2D eigenvalue weighted by Crippen LogP contribution is -2.03. The first-order chi connectivity index (χ1) is 15.4. The second-order valence-electron chi connectivity index (χ2n) is 7.93. The average molecular weight is 424 g/mol. The Morgan fingerprint density at radius 2 is 1.59 bits per heavy atom. The molecule has 0 aliphatic heterocycles. The maximum absolute atomic E-state index is 14.9. The molecule has 7 heteroatoms. The number of fused-ring (bicyclic) bond motifs is 1. The third-order valence-corrected chi connectivity index (χ3v) is 5.48. The third kappa shape index (κ3) is 3.51. The van der Waals surface area contributed by atoms with Gasteiger partial charge in [-0.1, -0.05) is 24.3 Å². The summed E-state index contributed by atoms with van der Waals surface area (Å²) in [6, 6.07) is 13.0. The Bertz CT molecular complexity index is 1490. The average Bonchev–Trinajstić information content (AvgIpc) is 3.21. The lowest BCUT2D eigenvalue weighted by molar-refractivity contribution is 0.629. The Labute approximate surface area is 184 Å². The molecule has 0 N–H and O–H groups in total. The van der Waals surface area contributed by atoms with Gasteiger partial charge in [-0.05, 0) is 50.1 Å². The second kappa shape index (κ2) is 7.60. The molecule has 5 rings (SSSR count). The predicted molar refractivity (Wildman–Crippen MR) is 122 cm³/mol. The van der Waals surface area contributed by atoms with E-state index < -0.39 is 0 Å². The molecule has 0 bridgehead atoms. The fraction of sp³-hybridized carbons (Fsp3) is 0.160. The number of benzene rings is 2. The molecule has 2 aromatic carbocycles. The lowest BCUT2D eigenvalue weighted by Gasteiger charge is -2.11. The summed E-state index contributed by atoms with van der Waals surface area (Å²) in [5.74, 6) is 0.121. The highest BCUT2D eigenvalue weighted by Gasteiger charge is 2.18. The van der Waals surface area contributed by atoms with Crippen molar-refractivity contribution >= 4 is 11.2 Å². The Morgan fingerprint density at radius 3 is 2.34 bits per heavy atom. The van der Waals surface area contributed by atoms with Crippen LogP contribution in [0.1, 0.15) is 17.0 Å². The number of hydrogen-bond acceptors (Lipinski definition) is 5. The first-order valence-electron chi connectivity index (χ1n) is 10.3. The van der Waals surface area contributed by atoms with Crippen molar-refractivity contribution < 1.29 is 4.39 Å². The molecule has 0 spiro atoms. The van der Waals surface area contributed by atoms with E-state index in [9.17, 15) is 4.39 Å². The van der Waals surface area contributed by atoms with E-state index in [0.717, 1.165) is 33.6 Å². The predicted octanol–water partition coefficient (Wildman–Crippen LogP) is 5.22. The smallest absolute Gasteiger partial charge is 0.182 e. The van der Waals surface area contributed by atoms with Gasteiger partial charge < -0.3 is 0 Å². The number of aryl methyl sites for hydroxylation is 4. The van der Waals surface area contributed by atoms with Crippen molar-refractivity contribution in [3.63, 3.8) is 0 Å². The van der Waals surface area contributed by atoms with Crippen LogP contribution in [0.2, 0.25) is 0 Å². The van der Waals surface area contributed by atoms with Gasteiger partial charge in [0.15, 0.2) is 11.5 Å². The van der Waals surface area contributed by atoms with Crippen molar-refractivity contribution in [1.82, 2.24) is 29.7 Å². The molecule has 6 nitrogen and oxygen atoms in total. The molecule has 0 unspecified atom stereocenters. The highest BCUT2D eigenvalue weighted by molar-refractivity contribution is 5.89. The molecule has 0 aliphatic carbocycles. The molecule has 3 aromatic heterocycles. The zero-order valence-electron chi connectivity index (χ0n) is 18.3. The molecule has 0 radical (unpaired) electrons. The van der Waals surface area contributed by atoms with E-state index in [1.807, 2.05) is 70.5 Å².